The summed E-state index contributed by atoms with van der Waals surface area (Å²) in [6, 6.07) is 17.7. The van der Waals surface area contributed by atoms with E-state index in [1.54, 1.807) is 11.8 Å². The van der Waals surface area contributed by atoms with Crippen molar-refractivity contribution in [2.45, 2.75) is 30.6 Å². The topological polar surface area (TPSA) is 98.0 Å². The van der Waals surface area contributed by atoms with E-state index >= 15 is 0 Å². The van der Waals surface area contributed by atoms with Crippen molar-refractivity contribution in [1.29, 1.82) is 0 Å². The maximum absolute atomic E-state index is 12.7. The second-order valence-corrected chi connectivity index (χ2v) is 10.7. The normalized spacial score (nSPS) is 11.8. The number of rotatable bonds is 9. The maximum atomic E-state index is 12.7. The lowest BCUT2D eigenvalue weighted by atomic mass is 10.3. The van der Waals surface area contributed by atoms with Crippen molar-refractivity contribution in [3.05, 3.63) is 54.6 Å². The number of para-hydroxylation sites is 1. The average Bonchev–Trinajstić information content (AvgIpc) is 3.16. The molecule has 3 aromatic rings. The highest BCUT2D eigenvalue weighted by molar-refractivity contribution is 8.04. The first-order valence-electron chi connectivity index (χ1n) is 8.55. The number of carbonyl (C=O) groups is 2. The number of nitrogens with two attached hydrogens (primary N) is 1. The predicted molar refractivity (Wildman–Crippen MR) is 121 cm³/mol. The SMILES string of the molecule is CC(Sc1nnc(SCC(N)=O)s1)C(=O)Nc1ccccc1Sc1ccccc1. The zero-order chi connectivity index (χ0) is 20.6. The van der Waals surface area contributed by atoms with Gasteiger partial charge in [0, 0.05) is 9.79 Å². The first kappa shape index (κ1) is 21.7. The number of hydrogen-bond donors (Lipinski definition) is 2. The summed E-state index contributed by atoms with van der Waals surface area (Å²) < 4.78 is 1.33. The fourth-order valence-corrected chi connectivity index (χ4v) is 5.98. The van der Waals surface area contributed by atoms with E-state index in [0.717, 1.165) is 15.5 Å². The number of nitrogens with zero attached hydrogens (tertiary/aromatic N) is 2. The lowest BCUT2D eigenvalue weighted by Gasteiger charge is -2.13. The second kappa shape index (κ2) is 10.7. The molecule has 0 saturated heterocycles. The molecule has 0 bridgehead atoms. The van der Waals surface area contributed by atoms with Crippen molar-refractivity contribution in [3.8, 4) is 0 Å². The Morgan fingerprint density at radius 1 is 1.07 bits per heavy atom. The van der Waals surface area contributed by atoms with Gasteiger partial charge in [-0.2, -0.15) is 0 Å². The number of anilines is 1. The average molecular weight is 463 g/mol. The first-order chi connectivity index (χ1) is 14.0. The smallest absolute Gasteiger partial charge is 0.237 e. The van der Waals surface area contributed by atoms with Gasteiger partial charge in [-0.3, -0.25) is 9.59 Å². The van der Waals surface area contributed by atoms with E-state index in [-0.39, 0.29) is 16.9 Å². The van der Waals surface area contributed by atoms with Crippen LogP contribution in [0.4, 0.5) is 5.69 Å². The van der Waals surface area contributed by atoms with Gasteiger partial charge in [0.25, 0.3) is 0 Å². The summed E-state index contributed by atoms with van der Waals surface area (Å²) in [7, 11) is 0. The molecule has 3 N–H and O–H groups in total. The zero-order valence-electron chi connectivity index (χ0n) is 15.4. The fourth-order valence-electron chi connectivity index (χ4n) is 2.15. The highest BCUT2D eigenvalue weighted by Crippen LogP contribution is 2.35. The van der Waals surface area contributed by atoms with E-state index in [9.17, 15) is 9.59 Å². The summed E-state index contributed by atoms with van der Waals surface area (Å²) >= 11 is 5.52. The standard InChI is InChI=1S/C19H18N4O2S4/c1-12(27-19-23-22-18(29-19)26-11-16(20)24)17(25)21-14-9-5-6-10-15(14)28-13-7-3-2-4-8-13/h2-10,12H,11H2,1H3,(H2,20,24)(H,21,25). The summed E-state index contributed by atoms with van der Waals surface area (Å²) in [6.07, 6.45) is 0. The number of hydrogen-bond acceptors (Lipinski definition) is 8. The third kappa shape index (κ3) is 6.77. The minimum Gasteiger partial charge on any atom is -0.369 e. The van der Waals surface area contributed by atoms with Crippen molar-refractivity contribution < 1.29 is 9.59 Å². The molecular formula is C19H18N4O2S4. The monoisotopic (exact) mass is 462 g/mol. The van der Waals surface area contributed by atoms with Crippen LogP contribution in [0.5, 0.6) is 0 Å². The van der Waals surface area contributed by atoms with E-state index < -0.39 is 5.91 Å². The van der Waals surface area contributed by atoms with Gasteiger partial charge >= 0.3 is 0 Å². The Kier molecular flexibility index (Phi) is 7.99. The van der Waals surface area contributed by atoms with Gasteiger partial charge < -0.3 is 11.1 Å². The molecule has 1 atom stereocenters. The van der Waals surface area contributed by atoms with Crippen molar-refractivity contribution in [1.82, 2.24) is 10.2 Å². The van der Waals surface area contributed by atoms with Gasteiger partial charge in [-0.25, -0.2) is 0 Å². The number of primary amides is 1. The molecule has 0 saturated carbocycles. The van der Waals surface area contributed by atoms with Crippen LogP contribution >= 0.6 is 46.6 Å². The summed E-state index contributed by atoms with van der Waals surface area (Å²) in [6.45, 7) is 1.82. The largest absolute Gasteiger partial charge is 0.369 e. The van der Waals surface area contributed by atoms with Crippen LogP contribution in [0, 0.1) is 0 Å². The maximum Gasteiger partial charge on any atom is 0.237 e. The van der Waals surface area contributed by atoms with E-state index in [1.807, 2.05) is 61.5 Å². The molecule has 3 rings (SSSR count). The number of thioether (sulfide) groups is 2. The van der Waals surface area contributed by atoms with E-state index in [0.29, 0.717) is 8.68 Å². The molecule has 29 heavy (non-hydrogen) atoms. The van der Waals surface area contributed by atoms with Crippen LogP contribution in [0.2, 0.25) is 0 Å². The number of nitrogens with one attached hydrogen (secondary N) is 1. The first-order valence-corrected chi connectivity index (χ1v) is 12.0. The van der Waals surface area contributed by atoms with Crippen molar-refractivity contribution >= 4 is 64.1 Å². The molecule has 10 heteroatoms. The molecule has 0 aliphatic heterocycles. The molecule has 1 heterocycles. The van der Waals surface area contributed by atoms with Crippen LogP contribution < -0.4 is 11.1 Å². The van der Waals surface area contributed by atoms with Gasteiger partial charge in [0.2, 0.25) is 11.8 Å². The summed E-state index contributed by atoms with van der Waals surface area (Å²) in [5.41, 5.74) is 5.91. The Labute approximate surface area is 185 Å². The zero-order valence-corrected chi connectivity index (χ0v) is 18.7. The van der Waals surface area contributed by atoms with Crippen LogP contribution in [-0.4, -0.2) is 33.0 Å². The molecule has 0 fully saturated rings. The van der Waals surface area contributed by atoms with Gasteiger partial charge in [-0.15, -0.1) is 10.2 Å². The van der Waals surface area contributed by atoms with E-state index in [2.05, 4.69) is 15.5 Å². The predicted octanol–water partition coefficient (Wildman–Crippen LogP) is 4.39. The van der Waals surface area contributed by atoms with Gasteiger partial charge in [-0.05, 0) is 31.2 Å². The molecule has 0 aliphatic rings. The Bertz CT molecular complexity index is 981. The highest BCUT2D eigenvalue weighted by Gasteiger charge is 2.19. The lowest BCUT2D eigenvalue weighted by Crippen LogP contribution is -2.22. The van der Waals surface area contributed by atoms with Crippen LogP contribution in [-0.2, 0) is 9.59 Å². The van der Waals surface area contributed by atoms with Crippen molar-refractivity contribution in [3.63, 3.8) is 0 Å². The molecule has 2 amide bonds. The van der Waals surface area contributed by atoms with Gasteiger partial charge in [0.15, 0.2) is 8.68 Å². The Hall–Kier alpha value is -2.01. The van der Waals surface area contributed by atoms with Crippen LogP contribution in [0.15, 0.2) is 73.1 Å². The van der Waals surface area contributed by atoms with Crippen LogP contribution in [0.1, 0.15) is 6.92 Å². The van der Waals surface area contributed by atoms with Crippen molar-refractivity contribution in [2.24, 2.45) is 5.73 Å². The molecule has 0 spiro atoms. The summed E-state index contributed by atoms with van der Waals surface area (Å²) in [5.74, 6) is -0.359. The molecular weight excluding hydrogens is 445 g/mol. The number of amides is 2. The minimum absolute atomic E-state index is 0.113. The lowest BCUT2D eigenvalue weighted by molar-refractivity contribution is -0.116. The molecule has 150 valence electrons. The van der Waals surface area contributed by atoms with E-state index in [4.69, 9.17) is 5.73 Å². The Morgan fingerprint density at radius 2 is 1.76 bits per heavy atom. The Balaban J connectivity index is 1.61. The Morgan fingerprint density at radius 3 is 2.52 bits per heavy atom. The van der Waals surface area contributed by atoms with Gasteiger partial charge in [0.1, 0.15) is 0 Å². The quantitative estimate of drug-likeness (QED) is 0.455. The molecule has 0 aliphatic carbocycles. The molecule has 0 radical (unpaired) electrons. The summed E-state index contributed by atoms with van der Waals surface area (Å²) in [4.78, 5) is 25.6. The number of aromatic nitrogens is 2. The molecule has 1 aromatic heterocycles. The molecule has 6 nitrogen and oxygen atoms in total. The second-order valence-electron chi connectivity index (χ2n) is 5.75. The van der Waals surface area contributed by atoms with Gasteiger partial charge in [0.05, 0.1) is 16.7 Å². The fraction of sp³-hybridized carbons (Fsp3) is 0.158. The summed E-state index contributed by atoms with van der Waals surface area (Å²) in [5, 5.41) is 10.7. The number of carbonyl (C=O) groups excluding carboxylic acids is 2. The van der Waals surface area contributed by atoms with E-state index in [1.165, 1.54) is 34.9 Å². The highest BCUT2D eigenvalue weighted by atomic mass is 32.2. The molecule has 1 unspecified atom stereocenters. The van der Waals surface area contributed by atoms with Crippen molar-refractivity contribution in [2.75, 3.05) is 11.1 Å². The number of benzene rings is 2. The minimum atomic E-state index is -0.404. The third-order valence-electron chi connectivity index (χ3n) is 3.49. The van der Waals surface area contributed by atoms with Crippen LogP contribution in [0.3, 0.4) is 0 Å². The van der Waals surface area contributed by atoms with Gasteiger partial charge in [-0.1, -0.05) is 77.0 Å². The third-order valence-corrected chi connectivity index (χ3v) is 7.84. The molecule has 2 aromatic carbocycles. The van der Waals surface area contributed by atoms with Crippen LogP contribution in [0.25, 0.3) is 0 Å².